The highest BCUT2D eigenvalue weighted by molar-refractivity contribution is 7.99. The number of methoxy groups -OCH3 is 1. The lowest BCUT2D eigenvalue weighted by atomic mass is 9.82. The van der Waals surface area contributed by atoms with Crippen LogP contribution in [-0.2, 0) is 0 Å². The van der Waals surface area contributed by atoms with Crippen molar-refractivity contribution >= 4 is 23.2 Å². The number of benzene rings is 1. The van der Waals surface area contributed by atoms with E-state index in [2.05, 4.69) is 35.8 Å². The van der Waals surface area contributed by atoms with Gasteiger partial charge in [-0.1, -0.05) is 19.3 Å². The molecular weight excluding hydrogens is 342 g/mol. The number of anilines is 1. The zero-order chi connectivity index (χ0) is 17.9. The molecule has 0 N–H and O–H groups in total. The average Bonchev–Trinajstić information content (AvgIpc) is 3.14. The molecule has 4 rings (SSSR count). The number of hydrogen-bond donors (Lipinski definition) is 0. The summed E-state index contributed by atoms with van der Waals surface area (Å²) in [5.74, 6) is 4.17. The molecule has 0 radical (unpaired) electrons. The van der Waals surface area contributed by atoms with Crippen LogP contribution in [0.2, 0.25) is 0 Å². The van der Waals surface area contributed by atoms with Gasteiger partial charge in [0.15, 0.2) is 0 Å². The van der Waals surface area contributed by atoms with E-state index in [0.717, 1.165) is 31.8 Å². The predicted molar refractivity (Wildman–Crippen MR) is 112 cm³/mol. The van der Waals surface area contributed by atoms with Crippen molar-refractivity contribution in [1.82, 2.24) is 5.01 Å². The van der Waals surface area contributed by atoms with Gasteiger partial charge < -0.3 is 9.64 Å². The lowest BCUT2D eigenvalue weighted by Crippen LogP contribution is -2.33. The molecule has 4 nitrogen and oxygen atoms in total. The summed E-state index contributed by atoms with van der Waals surface area (Å²) in [6.07, 6.45) is 7.71. The van der Waals surface area contributed by atoms with Crippen molar-refractivity contribution in [2.24, 2.45) is 5.10 Å². The lowest BCUT2D eigenvalue weighted by molar-refractivity contribution is 0.387. The molecule has 1 aliphatic carbocycles. The summed E-state index contributed by atoms with van der Waals surface area (Å²) in [7, 11) is 3.90. The monoisotopic (exact) mass is 373 g/mol. The summed E-state index contributed by atoms with van der Waals surface area (Å²) >= 11 is 2.07. The molecule has 142 valence electrons. The number of ether oxygens (including phenoxy) is 1. The second-order valence-electron chi connectivity index (χ2n) is 7.72. The van der Waals surface area contributed by atoms with Crippen LogP contribution in [0.15, 0.2) is 17.2 Å². The molecule has 0 amide bonds. The van der Waals surface area contributed by atoms with Gasteiger partial charge in [0, 0.05) is 61.4 Å². The number of nitrogens with zero attached hydrogens (tertiary/aromatic N) is 3. The minimum absolute atomic E-state index is 0.644. The van der Waals surface area contributed by atoms with Crippen LogP contribution in [0.5, 0.6) is 5.75 Å². The van der Waals surface area contributed by atoms with Crippen molar-refractivity contribution in [2.75, 3.05) is 50.2 Å². The molecule has 0 aromatic heterocycles. The van der Waals surface area contributed by atoms with E-state index >= 15 is 0 Å². The van der Waals surface area contributed by atoms with E-state index in [0.29, 0.717) is 5.92 Å². The van der Waals surface area contributed by atoms with Gasteiger partial charge in [0.2, 0.25) is 0 Å². The maximum Gasteiger partial charge on any atom is 0.125 e. The van der Waals surface area contributed by atoms with Crippen LogP contribution in [0.1, 0.15) is 55.6 Å². The van der Waals surface area contributed by atoms with Crippen molar-refractivity contribution in [2.45, 2.75) is 44.4 Å². The molecule has 0 spiro atoms. The lowest BCUT2D eigenvalue weighted by Gasteiger charge is -2.34. The van der Waals surface area contributed by atoms with E-state index in [4.69, 9.17) is 9.84 Å². The van der Waals surface area contributed by atoms with Crippen molar-refractivity contribution in [3.05, 3.63) is 23.3 Å². The van der Waals surface area contributed by atoms with E-state index in [9.17, 15) is 0 Å². The van der Waals surface area contributed by atoms with Crippen LogP contribution < -0.4 is 9.64 Å². The van der Waals surface area contributed by atoms with Gasteiger partial charge in [-0.05, 0) is 30.9 Å². The Labute approximate surface area is 162 Å². The number of thioether (sulfide) groups is 1. The first-order valence-electron chi connectivity index (χ1n) is 10.1. The first-order valence-corrected chi connectivity index (χ1v) is 11.3. The highest BCUT2D eigenvalue weighted by Gasteiger charge is 2.27. The fourth-order valence-corrected chi connectivity index (χ4v) is 5.49. The highest BCUT2D eigenvalue weighted by atomic mass is 32.2. The maximum absolute atomic E-state index is 5.96. The van der Waals surface area contributed by atoms with E-state index < -0.39 is 0 Å². The van der Waals surface area contributed by atoms with Gasteiger partial charge in [0.25, 0.3) is 0 Å². The molecule has 0 atom stereocenters. The van der Waals surface area contributed by atoms with Crippen LogP contribution in [0.25, 0.3) is 0 Å². The van der Waals surface area contributed by atoms with Gasteiger partial charge >= 0.3 is 0 Å². The normalized spacial score (nSPS) is 21.8. The Morgan fingerprint density at radius 1 is 1.08 bits per heavy atom. The summed E-state index contributed by atoms with van der Waals surface area (Å²) < 4.78 is 5.96. The van der Waals surface area contributed by atoms with E-state index in [1.165, 1.54) is 66.1 Å². The Hall–Kier alpha value is -1.36. The van der Waals surface area contributed by atoms with Gasteiger partial charge in [-0.2, -0.15) is 16.9 Å². The van der Waals surface area contributed by atoms with Gasteiger partial charge in [-0.25, -0.2) is 0 Å². The molecule has 1 saturated carbocycles. The van der Waals surface area contributed by atoms with Crippen LogP contribution in [0.3, 0.4) is 0 Å². The van der Waals surface area contributed by atoms with Crippen LogP contribution in [-0.4, -0.2) is 56.0 Å². The molecule has 26 heavy (non-hydrogen) atoms. The molecule has 2 fully saturated rings. The van der Waals surface area contributed by atoms with Crippen molar-refractivity contribution in [3.63, 3.8) is 0 Å². The minimum Gasteiger partial charge on any atom is -0.496 e. The Kier molecular flexibility index (Phi) is 5.63. The largest absolute Gasteiger partial charge is 0.496 e. The van der Waals surface area contributed by atoms with Gasteiger partial charge in [-0.3, -0.25) is 5.01 Å². The Bertz CT molecular complexity index is 663. The zero-order valence-electron chi connectivity index (χ0n) is 16.2. The van der Waals surface area contributed by atoms with Crippen molar-refractivity contribution in [1.29, 1.82) is 0 Å². The predicted octanol–water partition coefficient (Wildman–Crippen LogP) is 4.34. The molecular formula is C21H31N3OS. The van der Waals surface area contributed by atoms with E-state index in [1.54, 1.807) is 0 Å². The summed E-state index contributed by atoms with van der Waals surface area (Å²) in [5, 5.41) is 6.78. The molecule has 0 unspecified atom stereocenters. The Morgan fingerprint density at radius 3 is 2.50 bits per heavy atom. The van der Waals surface area contributed by atoms with Crippen LogP contribution in [0.4, 0.5) is 5.69 Å². The smallest absolute Gasteiger partial charge is 0.125 e. The summed E-state index contributed by atoms with van der Waals surface area (Å²) in [6.45, 7) is 3.30. The first-order chi connectivity index (χ1) is 12.8. The van der Waals surface area contributed by atoms with E-state index in [-0.39, 0.29) is 0 Å². The summed E-state index contributed by atoms with van der Waals surface area (Å²) in [4.78, 5) is 2.60. The standard InChI is InChI=1S/C21H31N3OS/c1-23-9-8-18(22-23)17-14-19(24-10-12-26-13-11-24)21(20(15-17)25-2)16-6-4-3-5-7-16/h14-16H,3-13H2,1-2H3. The third-order valence-electron chi connectivity index (χ3n) is 6.00. The highest BCUT2D eigenvalue weighted by Crippen LogP contribution is 2.44. The number of hydrogen-bond acceptors (Lipinski definition) is 5. The van der Waals surface area contributed by atoms with Crippen molar-refractivity contribution in [3.8, 4) is 5.75 Å². The quantitative estimate of drug-likeness (QED) is 0.785. The average molecular weight is 374 g/mol. The fraction of sp³-hybridized carbons (Fsp3) is 0.667. The molecule has 2 aliphatic heterocycles. The maximum atomic E-state index is 5.96. The topological polar surface area (TPSA) is 28.1 Å². The van der Waals surface area contributed by atoms with E-state index in [1.807, 2.05) is 12.1 Å². The van der Waals surface area contributed by atoms with Crippen molar-refractivity contribution < 1.29 is 4.74 Å². The third kappa shape index (κ3) is 3.68. The van der Waals surface area contributed by atoms with Crippen LogP contribution >= 0.6 is 11.8 Å². The molecule has 3 aliphatic rings. The Balaban J connectivity index is 1.78. The second kappa shape index (κ2) is 8.12. The molecule has 1 aromatic carbocycles. The van der Waals surface area contributed by atoms with Crippen LogP contribution in [0, 0.1) is 0 Å². The number of hydrazone groups is 1. The number of rotatable bonds is 4. The zero-order valence-corrected chi connectivity index (χ0v) is 17.0. The SMILES string of the molecule is COc1cc(C2=NN(C)CC2)cc(N2CCSCC2)c1C1CCCCC1. The molecule has 1 aromatic rings. The van der Waals surface area contributed by atoms with Gasteiger partial charge in [-0.15, -0.1) is 0 Å². The van der Waals surface area contributed by atoms with Gasteiger partial charge in [0.05, 0.1) is 12.8 Å². The molecule has 2 heterocycles. The summed E-state index contributed by atoms with van der Waals surface area (Å²) in [6, 6.07) is 4.67. The Morgan fingerprint density at radius 2 is 1.85 bits per heavy atom. The van der Waals surface area contributed by atoms with Gasteiger partial charge in [0.1, 0.15) is 5.75 Å². The summed E-state index contributed by atoms with van der Waals surface area (Å²) in [5.41, 5.74) is 5.34. The fourth-order valence-electron chi connectivity index (χ4n) is 4.59. The second-order valence-corrected chi connectivity index (χ2v) is 8.95. The molecule has 0 bridgehead atoms. The molecule has 1 saturated heterocycles. The molecule has 5 heteroatoms. The first kappa shape index (κ1) is 18.0. The minimum atomic E-state index is 0.644. The third-order valence-corrected chi connectivity index (χ3v) is 6.94.